The Balaban J connectivity index is 1.72. The van der Waals surface area contributed by atoms with Crippen molar-refractivity contribution in [2.75, 3.05) is 0 Å². The summed E-state index contributed by atoms with van der Waals surface area (Å²) >= 11 is 0. The van der Waals surface area contributed by atoms with E-state index in [0.29, 0.717) is 23.3 Å². The molecule has 2 fully saturated rings. The summed E-state index contributed by atoms with van der Waals surface area (Å²) in [6.07, 6.45) is 7.03. The van der Waals surface area contributed by atoms with Gasteiger partial charge in [-0.15, -0.1) is 5.10 Å². The van der Waals surface area contributed by atoms with Crippen LogP contribution in [0.4, 0.5) is 0 Å². The maximum atomic E-state index is 12.3. The minimum Gasteiger partial charge on any atom is -0.384 e. The molecule has 0 aromatic carbocycles. The zero-order valence-corrected chi connectivity index (χ0v) is 14.7. The third kappa shape index (κ3) is 2.95. The molecule has 1 N–H and O–H groups in total. The Hall–Kier alpha value is -1.23. The van der Waals surface area contributed by atoms with Crippen molar-refractivity contribution in [1.29, 1.82) is 0 Å². The summed E-state index contributed by atoms with van der Waals surface area (Å²) in [6, 6.07) is 0. The van der Waals surface area contributed by atoms with E-state index in [1.54, 1.807) is 13.8 Å². The van der Waals surface area contributed by atoms with Crippen LogP contribution in [0.2, 0.25) is 0 Å². The number of rotatable bonds is 4. The zero-order valence-electron chi connectivity index (χ0n) is 14.7. The van der Waals surface area contributed by atoms with E-state index >= 15 is 0 Å². The van der Waals surface area contributed by atoms with Crippen LogP contribution >= 0.6 is 0 Å². The smallest absolute Gasteiger partial charge is 0.136 e. The standard InChI is InChI=1S/C18H29N3O2/c1-12(10-21-11-16(19-20-21)17(2,3)23)13-7-8-14-15(22)6-5-9-18(13,14)4/h11-14,23H,5-10H2,1-4H3/t12-,13?,14+,18-/m1/s1. The normalized spacial score (nSPS) is 32.8. The minimum absolute atomic E-state index is 0.161. The lowest BCUT2D eigenvalue weighted by Crippen LogP contribution is -2.40. The minimum atomic E-state index is -0.957. The molecule has 2 saturated carbocycles. The number of carbonyl (C=O) groups is 1. The summed E-state index contributed by atoms with van der Waals surface area (Å²) in [7, 11) is 0. The van der Waals surface area contributed by atoms with Crippen molar-refractivity contribution < 1.29 is 9.90 Å². The van der Waals surface area contributed by atoms with Crippen molar-refractivity contribution in [1.82, 2.24) is 15.0 Å². The molecule has 128 valence electrons. The molecule has 0 bridgehead atoms. The molecule has 4 atom stereocenters. The average Bonchev–Trinajstić information content (AvgIpc) is 3.03. The van der Waals surface area contributed by atoms with Crippen LogP contribution in [0, 0.1) is 23.2 Å². The number of hydrogen-bond donors (Lipinski definition) is 1. The van der Waals surface area contributed by atoms with Crippen LogP contribution in [0.15, 0.2) is 6.20 Å². The van der Waals surface area contributed by atoms with Gasteiger partial charge in [0.15, 0.2) is 0 Å². The molecule has 1 heterocycles. The van der Waals surface area contributed by atoms with Gasteiger partial charge in [0.2, 0.25) is 0 Å². The molecule has 0 spiro atoms. The Morgan fingerprint density at radius 1 is 1.48 bits per heavy atom. The van der Waals surface area contributed by atoms with Crippen LogP contribution in [0.1, 0.15) is 65.5 Å². The average molecular weight is 319 g/mol. The quantitative estimate of drug-likeness (QED) is 0.926. The number of hydrogen-bond acceptors (Lipinski definition) is 4. The number of Topliss-reactive ketones (excluding diaryl/α,β-unsaturated/α-hetero) is 1. The van der Waals surface area contributed by atoms with Gasteiger partial charge in [0.25, 0.3) is 0 Å². The summed E-state index contributed by atoms with van der Waals surface area (Å²) in [5.74, 6) is 1.77. The number of aromatic nitrogens is 3. The zero-order chi connectivity index (χ0) is 16.8. The highest BCUT2D eigenvalue weighted by atomic mass is 16.3. The maximum absolute atomic E-state index is 12.3. The lowest BCUT2D eigenvalue weighted by Gasteiger charge is -2.42. The van der Waals surface area contributed by atoms with Gasteiger partial charge in [-0.05, 0) is 56.8 Å². The van der Waals surface area contributed by atoms with Crippen LogP contribution < -0.4 is 0 Å². The van der Waals surface area contributed by atoms with E-state index in [-0.39, 0.29) is 11.3 Å². The molecule has 1 aromatic heterocycles. The Kier molecular flexibility index (Phi) is 4.11. The number of nitrogens with zero attached hydrogens (tertiary/aromatic N) is 3. The van der Waals surface area contributed by atoms with Crippen molar-refractivity contribution in [3.63, 3.8) is 0 Å². The van der Waals surface area contributed by atoms with Crippen molar-refractivity contribution in [3.8, 4) is 0 Å². The molecule has 3 rings (SSSR count). The fraction of sp³-hybridized carbons (Fsp3) is 0.833. The summed E-state index contributed by atoms with van der Waals surface area (Å²) < 4.78 is 1.85. The van der Waals surface area contributed by atoms with Crippen molar-refractivity contribution in [3.05, 3.63) is 11.9 Å². The number of ketones is 1. The molecule has 0 saturated heterocycles. The Labute approximate surface area is 138 Å². The van der Waals surface area contributed by atoms with Crippen molar-refractivity contribution in [2.45, 2.75) is 71.9 Å². The largest absolute Gasteiger partial charge is 0.384 e. The molecule has 5 nitrogen and oxygen atoms in total. The summed E-state index contributed by atoms with van der Waals surface area (Å²) in [4.78, 5) is 12.3. The molecular weight excluding hydrogens is 290 g/mol. The van der Waals surface area contributed by atoms with Crippen molar-refractivity contribution in [2.24, 2.45) is 23.2 Å². The fourth-order valence-corrected chi connectivity index (χ4v) is 4.99. The van der Waals surface area contributed by atoms with E-state index in [4.69, 9.17) is 0 Å². The molecule has 5 heteroatoms. The molecule has 0 radical (unpaired) electrons. The first-order chi connectivity index (χ1) is 10.7. The van der Waals surface area contributed by atoms with Crippen LogP contribution in [0.3, 0.4) is 0 Å². The Morgan fingerprint density at radius 3 is 2.87 bits per heavy atom. The van der Waals surface area contributed by atoms with Crippen LogP contribution in [0.25, 0.3) is 0 Å². The first-order valence-electron chi connectivity index (χ1n) is 8.87. The topological polar surface area (TPSA) is 68.0 Å². The van der Waals surface area contributed by atoms with E-state index in [2.05, 4.69) is 24.2 Å². The molecule has 0 aliphatic heterocycles. The van der Waals surface area contributed by atoms with Gasteiger partial charge in [-0.2, -0.15) is 0 Å². The van der Waals surface area contributed by atoms with E-state index in [1.165, 1.54) is 6.42 Å². The second kappa shape index (κ2) is 5.69. The highest BCUT2D eigenvalue weighted by Crippen LogP contribution is 2.56. The SMILES string of the molecule is C[C@H](Cn1cc(C(C)(C)O)nn1)C1CC[C@H]2C(=O)CCC[C@]12C. The predicted molar refractivity (Wildman–Crippen MR) is 87.6 cm³/mol. The first kappa shape index (κ1) is 16.6. The predicted octanol–water partition coefficient (Wildman–Crippen LogP) is 2.93. The van der Waals surface area contributed by atoms with Crippen molar-refractivity contribution >= 4 is 5.78 Å². The van der Waals surface area contributed by atoms with E-state index < -0.39 is 5.60 Å². The highest BCUT2D eigenvalue weighted by Gasteiger charge is 2.52. The highest BCUT2D eigenvalue weighted by molar-refractivity contribution is 5.83. The number of carbonyl (C=O) groups excluding carboxylic acids is 1. The molecule has 23 heavy (non-hydrogen) atoms. The van der Waals surface area contributed by atoms with Gasteiger partial charge in [-0.3, -0.25) is 9.48 Å². The monoisotopic (exact) mass is 319 g/mol. The molecule has 0 amide bonds. The summed E-state index contributed by atoms with van der Waals surface area (Å²) in [6.45, 7) is 8.83. The number of aliphatic hydroxyl groups is 1. The summed E-state index contributed by atoms with van der Waals surface area (Å²) in [5, 5.41) is 18.3. The third-order valence-electron chi connectivity index (χ3n) is 6.26. The lowest BCUT2D eigenvalue weighted by atomic mass is 9.62. The maximum Gasteiger partial charge on any atom is 0.136 e. The van der Waals surface area contributed by atoms with Crippen LogP contribution in [-0.2, 0) is 16.9 Å². The van der Waals surface area contributed by atoms with Gasteiger partial charge < -0.3 is 5.11 Å². The van der Waals surface area contributed by atoms with Gasteiger partial charge in [0.05, 0.1) is 6.20 Å². The Bertz CT molecular complexity index is 589. The number of fused-ring (bicyclic) bond motifs is 1. The lowest BCUT2D eigenvalue weighted by molar-refractivity contribution is -0.130. The van der Waals surface area contributed by atoms with E-state index in [0.717, 1.165) is 32.2 Å². The molecule has 2 aliphatic carbocycles. The third-order valence-corrected chi connectivity index (χ3v) is 6.26. The fourth-order valence-electron chi connectivity index (χ4n) is 4.99. The van der Waals surface area contributed by atoms with Gasteiger partial charge in [-0.1, -0.05) is 19.1 Å². The van der Waals surface area contributed by atoms with Gasteiger partial charge in [0, 0.05) is 18.9 Å². The first-order valence-corrected chi connectivity index (χ1v) is 8.87. The van der Waals surface area contributed by atoms with Gasteiger partial charge in [-0.25, -0.2) is 0 Å². The molecular formula is C18H29N3O2. The molecule has 1 unspecified atom stereocenters. The second-order valence-corrected chi connectivity index (χ2v) is 8.42. The van der Waals surface area contributed by atoms with E-state index in [1.807, 2.05) is 10.9 Å². The van der Waals surface area contributed by atoms with Gasteiger partial charge >= 0.3 is 0 Å². The van der Waals surface area contributed by atoms with Crippen LogP contribution in [0.5, 0.6) is 0 Å². The van der Waals surface area contributed by atoms with Crippen LogP contribution in [-0.4, -0.2) is 25.9 Å². The summed E-state index contributed by atoms with van der Waals surface area (Å²) in [5.41, 5.74) is -0.191. The van der Waals surface area contributed by atoms with Gasteiger partial charge in [0.1, 0.15) is 17.1 Å². The Morgan fingerprint density at radius 2 is 2.22 bits per heavy atom. The molecule has 2 aliphatic rings. The molecule has 1 aromatic rings. The van der Waals surface area contributed by atoms with E-state index in [9.17, 15) is 9.90 Å². The second-order valence-electron chi connectivity index (χ2n) is 8.42.